The summed E-state index contributed by atoms with van der Waals surface area (Å²) < 4.78 is 5.45. The fourth-order valence-electron chi connectivity index (χ4n) is 4.36. The molecule has 0 aliphatic carbocycles. The van der Waals surface area contributed by atoms with Gasteiger partial charge in [0.2, 0.25) is 0 Å². The van der Waals surface area contributed by atoms with E-state index in [-0.39, 0.29) is 6.03 Å². The molecule has 2 amide bonds. The molecule has 34 heavy (non-hydrogen) atoms. The normalized spacial score (nSPS) is 19.8. The average Bonchev–Trinajstić information content (AvgIpc) is 3.20. The highest BCUT2D eigenvalue weighted by atomic mass is 16.7. The number of nitrogens with one attached hydrogen (secondary N) is 3. The van der Waals surface area contributed by atoms with Gasteiger partial charge in [0.05, 0.1) is 13.2 Å². The molecule has 1 saturated heterocycles. The lowest BCUT2D eigenvalue weighted by atomic mass is 9.91. The summed E-state index contributed by atoms with van der Waals surface area (Å²) in [5.41, 5.74) is 14.1. The van der Waals surface area contributed by atoms with Crippen LogP contribution in [0, 0.1) is 6.92 Å². The molecule has 0 bridgehead atoms. The van der Waals surface area contributed by atoms with Crippen molar-refractivity contribution in [2.45, 2.75) is 19.1 Å². The van der Waals surface area contributed by atoms with E-state index in [1.54, 1.807) is 0 Å². The molecule has 2 heterocycles. The number of anilines is 2. The van der Waals surface area contributed by atoms with Crippen molar-refractivity contribution < 1.29 is 14.4 Å². The number of nitrogens with two attached hydrogens (primary N) is 1. The molecule has 3 aromatic carbocycles. The zero-order valence-corrected chi connectivity index (χ0v) is 19.1. The number of hydrogen-bond donors (Lipinski definition) is 4. The molecule has 5 rings (SSSR count). The molecule has 8 heteroatoms. The Kier molecular flexibility index (Phi) is 6.21. The summed E-state index contributed by atoms with van der Waals surface area (Å²) in [6, 6.07) is 20.9. The lowest BCUT2D eigenvalue weighted by molar-refractivity contribution is 0.0336. The van der Waals surface area contributed by atoms with Crippen molar-refractivity contribution in [3.05, 3.63) is 89.0 Å². The summed E-state index contributed by atoms with van der Waals surface area (Å²) in [5.74, 6) is 0.774. The van der Waals surface area contributed by atoms with E-state index < -0.39 is 5.66 Å². The van der Waals surface area contributed by atoms with Gasteiger partial charge in [0.1, 0.15) is 0 Å². The second-order valence-corrected chi connectivity index (χ2v) is 8.67. The maximum Gasteiger partial charge on any atom is 0.323 e. The molecular weight excluding hydrogens is 430 g/mol. The van der Waals surface area contributed by atoms with Gasteiger partial charge in [0.25, 0.3) is 0 Å². The fourth-order valence-corrected chi connectivity index (χ4v) is 4.36. The van der Waals surface area contributed by atoms with Gasteiger partial charge in [-0.15, -0.1) is 5.48 Å². The number of carbonyl (C=O) groups excluding carboxylic acids is 1. The Balaban J connectivity index is 1.30. The smallest absolute Gasteiger partial charge is 0.323 e. The summed E-state index contributed by atoms with van der Waals surface area (Å²) in [5, 5.41) is 5.73. The number of rotatable bonds is 5. The first kappa shape index (κ1) is 22.4. The van der Waals surface area contributed by atoms with Gasteiger partial charge < -0.3 is 25.9 Å². The van der Waals surface area contributed by atoms with Crippen LogP contribution in [0.3, 0.4) is 0 Å². The van der Waals surface area contributed by atoms with Crippen LogP contribution in [0.1, 0.15) is 22.3 Å². The minimum atomic E-state index is -0.988. The van der Waals surface area contributed by atoms with Crippen molar-refractivity contribution in [2.24, 2.45) is 5.73 Å². The van der Waals surface area contributed by atoms with Crippen LogP contribution in [-0.4, -0.2) is 37.2 Å². The minimum Gasteiger partial charge on any atom is -0.405 e. The van der Waals surface area contributed by atoms with Crippen molar-refractivity contribution in [1.29, 1.82) is 0 Å². The number of ether oxygens (including phenoxy) is 1. The Hall–Kier alpha value is -3.43. The van der Waals surface area contributed by atoms with Crippen LogP contribution < -0.4 is 26.7 Å². The van der Waals surface area contributed by atoms with Crippen LogP contribution in [0.2, 0.25) is 0 Å². The Morgan fingerprint density at radius 1 is 1.03 bits per heavy atom. The van der Waals surface area contributed by atoms with E-state index in [2.05, 4.69) is 27.1 Å². The van der Waals surface area contributed by atoms with Crippen LogP contribution in [-0.2, 0) is 16.9 Å². The van der Waals surface area contributed by atoms with Crippen LogP contribution in [0.5, 0.6) is 5.75 Å². The zero-order chi connectivity index (χ0) is 23.5. The third-order valence-electron chi connectivity index (χ3n) is 6.32. The third kappa shape index (κ3) is 4.49. The number of aryl methyl sites for hydroxylation is 1. The first-order chi connectivity index (χ1) is 16.5. The van der Waals surface area contributed by atoms with Gasteiger partial charge in [-0.1, -0.05) is 48.5 Å². The molecule has 1 unspecified atom stereocenters. The molecule has 5 N–H and O–H groups in total. The number of hydrogen-bond acceptors (Lipinski definition) is 6. The molecule has 2 aliphatic rings. The minimum absolute atomic E-state index is 0.301. The molecule has 0 aromatic heterocycles. The second-order valence-electron chi connectivity index (χ2n) is 8.67. The van der Waals surface area contributed by atoms with Crippen LogP contribution in [0.4, 0.5) is 16.2 Å². The van der Waals surface area contributed by atoms with E-state index in [4.69, 9.17) is 15.3 Å². The lowest BCUT2D eigenvalue weighted by Gasteiger charge is -2.27. The van der Waals surface area contributed by atoms with Crippen molar-refractivity contribution in [3.63, 3.8) is 0 Å². The van der Waals surface area contributed by atoms with E-state index >= 15 is 0 Å². The van der Waals surface area contributed by atoms with Crippen LogP contribution in [0.15, 0.2) is 66.7 Å². The lowest BCUT2D eigenvalue weighted by Crippen LogP contribution is -2.48. The van der Waals surface area contributed by atoms with E-state index in [0.29, 0.717) is 5.69 Å². The molecule has 176 valence electrons. The quantitative estimate of drug-likeness (QED) is 0.466. The first-order valence-electron chi connectivity index (χ1n) is 11.4. The summed E-state index contributed by atoms with van der Waals surface area (Å²) in [6.07, 6.45) is 0. The molecule has 1 atom stereocenters. The monoisotopic (exact) mass is 459 g/mol. The predicted octanol–water partition coefficient (Wildman–Crippen LogP) is 3.53. The number of nitrogens with zero attached hydrogens (tertiary/aromatic N) is 1. The Labute approximate surface area is 199 Å². The van der Waals surface area contributed by atoms with Crippen molar-refractivity contribution in [2.75, 3.05) is 36.9 Å². The molecule has 0 saturated carbocycles. The molecule has 1 fully saturated rings. The summed E-state index contributed by atoms with van der Waals surface area (Å²) in [7, 11) is 0. The molecule has 8 nitrogen and oxygen atoms in total. The van der Waals surface area contributed by atoms with E-state index in [0.717, 1.165) is 66.5 Å². The number of benzene rings is 3. The number of carbonyl (C=O) groups is 1. The van der Waals surface area contributed by atoms with Gasteiger partial charge in [-0.25, -0.2) is 4.79 Å². The molecule has 2 aliphatic heterocycles. The summed E-state index contributed by atoms with van der Waals surface area (Å²) in [6.45, 7) is 6.03. The number of para-hydroxylation sites is 2. The van der Waals surface area contributed by atoms with Crippen molar-refractivity contribution >= 4 is 17.4 Å². The average molecular weight is 460 g/mol. The maximum atomic E-state index is 12.4. The highest BCUT2D eigenvalue weighted by Crippen LogP contribution is 2.39. The molecule has 3 aromatic rings. The Bertz CT molecular complexity index is 1180. The summed E-state index contributed by atoms with van der Waals surface area (Å²) in [4.78, 5) is 20.7. The highest BCUT2D eigenvalue weighted by molar-refractivity contribution is 6.00. The van der Waals surface area contributed by atoms with Gasteiger partial charge in [-0.2, -0.15) is 0 Å². The van der Waals surface area contributed by atoms with E-state index in [9.17, 15) is 4.79 Å². The second kappa shape index (κ2) is 9.44. The predicted molar refractivity (Wildman–Crippen MR) is 132 cm³/mol. The number of amides is 2. The van der Waals surface area contributed by atoms with Gasteiger partial charge in [-0.3, -0.25) is 4.90 Å². The third-order valence-corrected chi connectivity index (χ3v) is 6.32. The zero-order valence-electron chi connectivity index (χ0n) is 19.1. The molecular formula is C26H29N5O3. The number of fused-ring (bicyclic) bond motifs is 1. The topological polar surface area (TPSA) is 101 Å². The van der Waals surface area contributed by atoms with Gasteiger partial charge in [0.15, 0.2) is 11.4 Å². The van der Waals surface area contributed by atoms with Crippen molar-refractivity contribution in [1.82, 2.24) is 10.4 Å². The van der Waals surface area contributed by atoms with Gasteiger partial charge >= 0.3 is 6.03 Å². The largest absolute Gasteiger partial charge is 0.405 e. The molecule has 0 spiro atoms. The maximum absolute atomic E-state index is 12.4. The Morgan fingerprint density at radius 2 is 1.79 bits per heavy atom. The number of morpholine rings is 1. The first-order valence-corrected chi connectivity index (χ1v) is 11.4. The van der Waals surface area contributed by atoms with E-state index in [1.807, 2.05) is 67.6 Å². The molecule has 0 radical (unpaired) electrons. The van der Waals surface area contributed by atoms with Crippen LogP contribution in [0.25, 0.3) is 0 Å². The highest BCUT2D eigenvalue weighted by Gasteiger charge is 2.40. The standard InChI is InChI=1S/C26H29N5O3/c1-18-5-2-3-8-23(18)29-25(32)28-21-11-9-20(10-12-21)26(27)22-7-4-6-19(24(22)34-30-26)17-31-13-15-33-16-14-31/h2-12,30H,13-17,27H2,1H3,(H2,28,29,32). The number of hydroxylamine groups is 1. The van der Waals surface area contributed by atoms with E-state index in [1.165, 1.54) is 0 Å². The fraction of sp³-hybridized carbons (Fsp3) is 0.269. The van der Waals surface area contributed by atoms with Crippen LogP contribution >= 0.6 is 0 Å². The SMILES string of the molecule is Cc1ccccc1NC(=O)Nc1ccc(C2(N)NOc3c(CN4CCOCC4)cccc32)cc1. The summed E-state index contributed by atoms with van der Waals surface area (Å²) >= 11 is 0. The number of urea groups is 1. The van der Waals surface area contributed by atoms with Gasteiger partial charge in [-0.05, 0) is 36.2 Å². The van der Waals surface area contributed by atoms with Crippen molar-refractivity contribution in [3.8, 4) is 5.75 Å². The van der Waals surface area contributed by atoms with Gasteiger partial charge in [0, 0.05) is 42.1 Å². The Morgan fingerprint density at radius 3 is 2.56 bits per heavy atom.